The average Bonchev–Trinajstić information content (AvgIpc) is 2.95. The molecule has 0 radical (unpaired) electrons. The summed E-state index contributed by atoms with van der Waals surface area (Å²) in [6.07, 6.45) is 0.933. The van der Waals surface area contributed by atoms with Crippen molar-refractivity contribution in [3.63, 3.8) is 0 Å². The Morgan fingerprint density at radius 3 is 2.67 bits per heavy atom. The molecule has 1 atom stereocenters. The first kappa shape index (κ1) is 16.4. The summed E-state index contributed by atoms with van der Waals surface area (Å²) in [6.45, 7) is 4.93. The zero-order valence-electron chi connectivity index (χ0n) is 12.8. The highest BCUT2D eigenvalue weighted by Crippen LogP contribution is 2.22. The SMILES string of the molecule is CCN(Cc1ccccc1)S(=O)(=O)N1CCC(CNC)C1. The molecule has 1 aromatic carbocycles. The molecule has 5 nitrogen and oxygen atoms in total. The van der Waals surface area contributed by atoms with Crippen LogP contribution in [0.15, 0.2) is 30.3 Å². The molecule has 21 heavy (non-hydrogen) atoms. The lowest BCUT2D eigenvalue weighted by Crippen LogP contribution is -2.42. The van der Waals surface area contributed by atoms with Crippen LogP contribution >= 0.6 is 0 Å². The van der Waals surface area contributed by atoms with Crippen molar-refractivity contribution in [3.8, 4) is 0 Å². The normalized spacial score (nSPS) is 20.2. The summed E-state index contributed by atoms with van der Waals surface area (Å²) in [6, 6.07) is 9.75. The Morgan fingerprint density at radius 1 is 1.33 bits per heavy atom. The summed E-state index contributed by atoms with van der Waals surface area (Å²) in [5.74, 6) is 0.417. The molecular formula is C15H25N3O2S. The van der Waals surface area contributed by atoms with Crippen LogP contribution in [0.1, 0.15) is 18.9 Å². The van der Waals surface area contributed by atoms with E-state index in [9.17, 15) is 8.42 Å². The maximum atomic E-state index is 12.7. The predicted octanol–water partition coefficient (Wildman–Crippen LogP) is 1.29. The zero-order chi connectivity index (χ0) is 15.3. The van der Waals surface area contributed by atoms with Crippen LogP contribution in [-0.2, 0) is 16.8 Å². The van der Waals surface area contributed by atoms with Gasteiger partial charge in [0.1, 0.15) is 0 Å². The van der Waals surface area contributed by atoms with Crippen molar-refractivity contribution in [1.29, 1.82) is 0 Å². The molecule has 6 heteroatoms. The third kappa shape index (κ3) is 4.03. The maximum Gasteiger partial charge on any atom is 0.282 e. The van der Waals surface area contributed by atoms with E-state index in [0.717, 1.165) is 18.5 Å². The Kier molecular flexibility index (Phi) is 5.75. The molecule has 1 unspecified atom stereocenters. The highest BCUT2D eigenvalue weighted by molar-refractivity contribution is 7.86. The van der Waals surface area contributed by atoms with Crippen LogP contribution < -0.4 is 5.32 Å². The van der Waals surface area contributed by atoms with Gasteiger partial charge in [0.05, 0.1) is 0 Å². The van der Waals surface area contributed by atoms with Gasteiger partial charge in [-0.25, -0.2) is 0 Å². The molecule has 0 aliphatic carbocycles. The largest absolute Gasteiger partial charge is 0.319 e. The van der Waals surface area contributed by atoms with E-state index in [-0.39, 0.29) is 0 Å². The highest BCUT2D eigenvalue weighted by atomic mass is 32.2. The fraction of sp³-hybridized carbons (Fsp3) is 0.600. The van der Waals surface area contributed by atoms with Gasteiger partial charge in [-0.1, -0.05) is 37.3 Å². The Morgan fingerprint density at radius 2 is 2.05 bits per heavy atom. The summed E-state index contributed by atoms with van der Waals surface area (Å²) in [4.78, 5) is 0. The first-order chi connectivity index (χ1) is 10.1. The molecule has 0 aromatic heterocycles. The minimum Gasteiger partial charge on any atom is -0.319 e. The molecular weight excluding hydrogens is 286 g/mol. The molecule has 1 aliphatic rings. The van der Waals surface area contributed by atoms with E-state index in [2.05, 4.69) is 5.32 Å². The van der Waals surface area contributed by atoms with Crippen LogP contribution in [0.25, 0.3) is 0 Å². The van der Waals surface area contributed by atoms with Gasteiger partial charge in [0.15, 0.2) is 0 Å². The summed E-state index contributed by atoms with van der Waals surface area (Å²) < 4.78 is 28.7. The predicted molar refractivity (Wildman–Crippen MR) is 85.1 cm³/mol. The number of hydrogen-bond acceptors (Lipinski definition) is 3. The number of nitrogens with one attached hydrogen (secondary N) is 1. The van der Waals surface area contributed by atoms with Crippen molar-refractivity contribution in [2.45, 2.75) is 19.9 Å². The summed E-state index contributed by atoms with van der Waals surface area (Å²) in [7, 11) is -1.45. The Labute approximate surface area is 128 Å². The van der Waals surface area contributed by atoms with Gasteiger partial charge in [-0.05, 0) is 31.5 Å². The number of hydrogen-bond donors (Lipinski definition) is 1. The second kappa shape index (κ2) is 7.35. The van der Waals surface area contributed by atoms with Crippen molar-refractivity contribution in [2.24, 2.45) is 5.92 Å². The van der Waals surface area contributed by atoms with E-state index < -0.39 is 10.2 Å². The van der Waals surface area contributed by atoms with Crippen LogP contribution in [0, 0.1) is 5.92 Å². The molecule has 0 saturated carbocycles. The monoisotopic (exact) mass is 311 g/mol. The third-order valence-electron chi connectivity index (χ3n) is 3.95. The molecule has 1 N–H and O–H groups in total. The molecule has 0 amide bonds. The van der Waals surface area contributed by atoms with Crippen LogP contribution in [0.5, 0.6) is 0 Å². The lowest BCUT2D eigenvalue weighted by molar-refractivity contribution is 0.359. The van der Waals surface area contributed by atoms with Gasteiger partial charge in [-0.2, -0.15) is 17.0 Å². The lowest BCUT2D eigenvalue weighted by atomic mass is 10.1. The second-order valence-electron chi connectivity index (χ2n) is 5.49. The van der Waals surface area contributed by atoms with Gasteiger partial charge >= 0.3 is 0 Å². The minimum atomic E-state index is -3.36. The van der Waals surface area contributed by atoms with Crippen LogP contribution in [0.4, 0.5) is 0 Å². The Balaban J connectivity index is 2.06. The Hall–Kier alpha value is -0.950. The van der Waals surface area contributed by atoms with Gasteiger partial charge in [-0.15, -0.1) is 0 Å². The summed E-state index contributed by atoms with van der Waals surface area (Å²) in [5.41, 5.74) is 1.02. The molecule has 1 aliphatic heterocycles. The van der Waals surface area contributed by atoms with Crippen molar-refractivity contribution in [2.75, 3.05) is 33.2 Å². The standard InChI is InChI=1S/C15H25N3O2S/c1-3-17(12-14-7-5-4-6-8-14)21(19,20)18-10-9-15(13-18)11-16-2/h4-8,15-16H,3,9-13H2,1-2H3. The van der Waals surface area contributed by atoms with Gasteiger partial charge in [0, 0.05) is 26.2 Å². The van der Waals surface area contributed by atoms with E-state index in [1.54, 1.807) is 8.61 Å². The molecule has 1 fully saturated rings. The first-order valence-electron chi connectivity index (χ1n) is 7.51. The quantitative estimate of drug-likeness (QED) is 0.826. The maximum absolute atomic E-state index is 12.7. The van der Waals surface area contributed by atoms with Gasteiger partial charge in [0.25, 0.3) is 10.2 Å². The van der Waals surface area contributed by atoms with Crippen molar-refractivity contribution >= 4 is 10.2 Å². The van der Waals surface area contributed by atoms with Gasteiger partial charge < -0.3 is 5.32 Å². The third-order valence-corrected chi connectivity index (χ3v) is 5.97. The second-order valence-corrected chi connectivity index (χ2v) is 7.42. The number of nitrogens with zero attached hydrogens (tertiary/aromatic N) is 2. The van der Waals surface area contributed by atoms with E-state index in [1.807, 2.05) is 44.3 Å². The van der Waals surface area contributed by atoms with Crippen LogP contribution in [-0.4, -0.2) is 50.3 Å². The molecule has 1 heterocycles. The topological polar surface area (TPSA) is 52.7 Å². The lowest BCUT2D eigenvalue weighted by Gasteiger charge is -2.26. The first-order valence-corrected chi connectivity index (χ1v) is 8.91. The Bertz CT molecular complexity index is 533. The molecule has 1 aromatic rings. The fourth-order valence-electron chi connectivity index (χ4n) is 2.77. The van der Waals surface area contributed by atoms with Crippen molar-refractivity contribution in [1.82, 2.24) is 13.9 Å². The average molecular weight is 311 g/mol. The zero-order valence-corrected chi connectivity index (χ0v) is 13.6. The molecule has 0 bridgehead atoms. The number of rotatable bonds is 7. The van der Waals surface area contributed by atoms with E-state index >= 15 is 0 Å². The molecule has 2 rings (SSSR count). The van der Waals surface area contributed by atoms with Crippen LogP contribution in [0.2, 0.25) is 0 Å². The molecule has 1 saturated heterocycles. The van der Waals surface area contributed by atoms with E-state index in [4.69, 9.17) is 0 Å². The van der Waals surface area contributed by atoms with Crippen molar-refractivity contribution in [3.05, 3.63) is 35.9 Å². The summed E-state index contributed by atoms with van der Waals surface area (Å²) >= 11 is 0. The minimum absolute atomic E-state index is 0.417. The van der Waals surface area contributed by atoms with Gasteiger partial charge in [0.2, 0.25) is 0 Å². The summed E-state index contributed by atoms with van der Waals surface area (Å²) in [5, 5.41) is 3.13. The van der Waals surface area contributed by atoms with Gasteiger partial charge in [-0.3, -0.25) is 0 Å². The number of benzene rings is 1. The highest BCUT2D eigenvalue weighted by Gasteiger charge is 2.34. The molecule has 0 spiro atoms. The molecule has 118 valence electrons. The smallest absolute Gasteiger partial charge is 0.282 e. The van der Waals surface area contributed by atoms with Crippen molar-refractivity contribution < 1.29 is 8.42 Å². The van der Waals surface area contributed by atoms with Crippen LogP contribution in [0.3, 0.4) is 0 Å². The fourth-order valence-corrected chi connectivity index (χ4v) is 4.47. The van der Waals surface area contributed by atoms with E-state index in [1.165, 1.54) is 0 Å². The van der Waals surface area contributed by atoms with E-state index in [0.29, 0.717) is 32.1 Å².